The molecule has 0 aromatic rings. The van der Waals surface area contributed by atoms with Crippen molar-refractivity contribution in [3.05, 3.63) is 0 Å². The zero-order valence-electron chi connectivity index (χ0n) is 20.2. The van der Waals surface area contributed by atoms with Gasteiger partial charge in [0.05, 0.1) is 10.8 Å². The van der Waals surface area contributed by atoms with Gasteiger partial charge in [-0.15, -0.1) is 11.8 Å². The van der Waals surface area contributed by atoms with Crippen LogP contribution in [-0.2, 0) is 28.7 Å². The molecule has 0 radical (unpaired) electrons. The normalized spacial score (nSPS) is 25.3. The lowest BCUT2D eigenvalue weighted by atomic mass is 9.72. The fraction of sp³-hybridized carbons (Fsp3) is 0.833. The Bertz CT molecular complexity index is 644. The lowest BCUT2D eigenvalue weighted by Crippen LogP contribution is -2.44. The summed E-state index contributed by atoms with van der Waals surface area (Å²) >= 11 is 1.13. The van der Waals surface area contributed by atoms with Gasteiger partial charge in [-0.05, 0) is 49.4 Å². The van der Waals surface area contributed by atoms with Crippen LogP contribution in [0.4, 0.5) is 0 Å². The predicted molar refractivity (Wildman–Crippen MR) is 120 cm³/mol. The van der Waals surface area contributed by atoms with E-state index in [4.69, 9.17) is 9.47 Å². The Kier molecular flexibility index (Phi) is 8.05. The topological polar surface area (TPSA) is 86.7 Å². The molecule has 176 valence electrons. The molecule has 2 fully saturated rings. The minimum atomic E-state index is -1.00. The lowest BCUT2D eigenvalue weighted by molar-refractivity contribution is -0.157. The summed E-state index contributed by atoms with van der Waals surface area (Å²) < 4.78 is 10.3. The van der Waals surface area contributed by atoms with E-state index < -0.39 is 45.2 Å². The molecule has 0 spiro atoms. The van der Waals surface area contributed by atoms with E-state index in [2.05, 4.69) is 0 Å². The molecular weight excluding hydrogens is 416 g/mol. The van der Waals surface area contributed by atoms with Crippen molar-refractivity contribution < 1.29 is 28.7 Å². The van der Waals surface area contributed by atoms with Crippen LogP contribution in [0.5, 0.6) is 0 Å². The van der Waals surface area contributed by atoms with Crippen LogP contribution < -0.4 is 0 Å². The van der Waals surface area contributed by atoms with Crippen LogP contribution in [0.3, 0.4) is 0 Å². The molecule has 2 aliphatic heterocycles. The minimum absolute atomic E-state index is 0.161. The van der Waals surface area contributed by atoms with E-state index >= 15 is 0 Å². The van der Waals surface area contributed by atoms with Gasteiger partial charge in [0.15, 0.2) is 0 Å². The molecular formula is C24H38O6S. The van der Waals surface area contributed by atoms with E-state index in [-0.39, 0.29) is 23.7 Å². The molecule has 0 aromatic carbocycles. The van der Waals surface area contributed by atoms with Crippen molar-refractivity contribution in [2.24, 2.45) is 34.5 Å². The largest absolute Gasteiger partial charge is 0.392 e. The molecule has 31 heavy (non-hydrogen) atoms. The zero-order chi connectivity index (χ0) is 23.7. The van der Waals surface area contributed by atoms with Crippen molar-refractivity contribution >= 4 is 35.6 Å². The second-order valence-electron chi connectivity index (χ2n) is 11.0. The summed E-state index contributed by atoms with van der Waals surface area (Å²) in [5.41, 5.74) is -2.01. The van der Waals surface area contributed by atoms with E-state index in [1.807, 2.05) is 55.4 Å². The molecule has 2 saturated heterocycles. The Balaban J connectivity index is 2.53. The van der Waals surface area contributed by atoms with Gasteiger partial charge in [-0.1, -0.05) is 55.4 Å². The van der Waals surface area contributed by atoms with Crippen molar-refractivity contribution in [2.75, 3.05) is 0 Å². The van der Waals surface area contributed by atoms with Crippen LogP contribution in [0.15, 0.2) is 0 Å². The van der Waals surface area contributed by atoms with E-state index in [9.17, 15) is 19.2 Å². The summed E-state index contributed by atoms with van der Waals surface area (Å²) in [7, 11) is 0. The highest BCUT2D eigenvalue weighted by Gasteiger charge is 2.64. The smallest absolute Gasteiger partial charge is 0.327 e. The van der Waals surface area contributed by atoms with Crippen molar-refractivity contribution in [2.45, 2.75) is 91.6 Å². The summed E-state index contributed by atoms with van der Waals surface area (Å²) in [6.07, 6.45) is 1.96. The van der Waals surface area contributed by atoms with Gasteiger partial charge < -0.3 is 9.47 Å². The second-order valence-corrected chi connectivity index (χ2v) is 12.2. The van der Waals surface area contributed by atoms with E-state index in [0.717, 1.165) is 11.8 Å². The summed E-state index contributed by atoms with van der Waals surface area (Å²) in [6, 6.07) is 0. The fourth-order valence-electron chi connectivity index (χ4n) is 5.51. The van der Waals surface area contributed by atoms with Crippen molar-refractivity contribution in [3.63, 3.8) is 0 Å². The molecule has 0 bridgehead atoms. The number of carbonyl (C=O) groups is 4. The Labute approximate surface area is 190 Å². The summed E-state index contributed by atoms with van der Waals surface area (Å²) in [5.74, 6) is -1.58. The third-order valence-corrected chi connectivity index (χ3v) is 7.83. The van der Waals surface area contributed by atoms with Gasteiger partial charge in [0, 0.05) is 0 Å². The van der Waals surface area contributed by atoms with E-state index in [1.165, 1.54) is 0 Å². The molecule has 0 aromatic heterocycles. The van der Waals surface area contributed by atoms with Crippen LogP contribution in [0.25, 0.3) is 0 Å². The van der Waals surface area contributed by atoms with Crippen molar-refractivity contribution in [3.8, 4) is 0 Å². The first kappa shape index (κ1) is 25.9. The van der Waals surface area contributed by atoms with Gasteiger partial charge >= 0.3 is 23.9 Å². The number of thioether (sulfide) groups is 1. The molecule has 0 saturated carbocycles. The van der Waals surface area contributed by atoms with E-state index in [0.29, 0.717) is 25.7 Å². The van der Waals surface area contributed by atoms with Crippen molar-refractivity contribution in [1.82, 2.24) is 0 Å². The van der Waals surface area contributed by atoms with Crippen LogP contribution in [0.1, 0.15) is 81.1 Å². The number of ether oxygens (including phenoxy) is 2. The molecule has 2 atom stereocenters. The quantitative estimate of drug-likeness (QED) is 0.347. The number of rotatable bonds is 10. The van der Waals surface area contributed by atoms with E-state index in [1.54, 1.807) is 0 Å². The SMILES string of the molecule is CC(C)CC1(CC(C)C)C(=O)OC(=O)C1SC1C(=O)OC(=O)C1(CC(C)C)CC(C)C. The molecule has 2 unspecified atom stereocenters. The highest BCUT2D eigenvalue weighted by molar-refractivity contribution is 8.02. The van der Waals surface area contributed by atoms with Gasteiger partial charge in [-0.2, -0.15) is 0 Å². The Hall–Kier alpha value is -1.37. The fourth-order valence-corrected chi connectivity index (χ4v) is 7.20. The third kappa shape index (κ3) is 5.18. The number of esters is 4. The first-order valence-corrected chi connectivity index (χ1v) is 12.4. The molecule has 0 aliphatic carbocycles. The molecule has 2 aliphatic rings. The minimum Gasteiger partial charge on any atom is -0.392 e. The molecule has 6 nitrogen and oxygen atoms in total. The van der Waals surface area contributed by atoms with Crippen LogP contribution in [-0.4, -0.2) is 34.4 Å². The number of carbonyl (C=O) groups excluding carboxylic acids is 4. The van der Waals surface area contributed by atoms with Gasteiger partial charge in [0.25, 0.3) is 0 Å². The molecule has 7 heteroatoms. The maximum Gasteiger partial charge on any atom is 0.327 e. The first-order valence-electron chi connectivity index (χ1n) is 11.4. The molecule has 0 N–H and O–H groups in total. The van der Waals surface area contributed by atoms with Gasteiger partial charge in [-0.25, -0.2) is 0 Å². The highest BCUT2D eigenvalue weighted by Crippen LogP contribution is 2.55. The van der Waals surface area contributed by atoms with Crippen LogP contribution >= 0.6 is 11.8 Å². The monoisotopic (exact) mass is 454 g/mol. The predicted octanol–water partition coefficient (Wildman–Crippen LogP) is 4.78. The zero-order valence-corrected chi connectivity index (χ0v) is 21.0. The average molecular weight is 455 g/mol. The summed E-state index contributed by atoms with van der Waals surface area (Å²) in [4.78, 5) is 51.8. The summed E-state index contributed by atoms with van der Waals surface area (Å²) in [6.45, 7) is 16.1. The Morgan fingerprint density at radius 1 is 0.613 bits per heavy atom. The standard InChI is InChI=1S/C24H38O6S/c1-13(2)9-23(10-14(3)4)17(19(25)29-21(23)27)31-18-20(26)30-22(28)24(18,11-15(5)6)12-16(7)8/h13-18H,9-12H2,1-8H3. The number of hydrogen-bond donors (Lipinski definition) is 0. The molecule has 0 amide bonds. The van der Waals surface area contributed by atoms with Crippen molar-refractivity contribution in [1.29, 1.82) is 0 Å². The third-order valence-electron chi connectivity index (χ3n) is 5.99. The van der Waals surface area contributed by atoms with Crippen LogP contribution in [0.2, 0.25) is 0 Å². The Morgan fingerprint density at radius 2 is 0.871 bits per heavy atom. The number of hydrogen-bond acceptors (Lipinski definition) is 7. The highest BCUT2D eigenvalue weighted by atomic mass is 32.2. The number of cyclic esters (lactones) is 4. The maximum absolute atomic E-state index is 13.0. The molecule has 2 rings (SSSR count). The lowest BCUT2D eigenvalue weighted by Gasteiger charge is -2.37. The van der Waals surface area contributed by atoms with Gasteiger partial charge in [0.1, 0.15) is 10.5 Å². The van der Waals surface area contributed by atoms with Crippen LogP contribution in [0, 0.1) is 34.5 Å². The maximum atomic E-state index is 13.0. The Morgan fingerprint density at radius 3 is 1.10 bits per heavy atom. The first-order chi connectivity index (χ1) is 14.2. The van der Waals surface area contributed by atoms with Gasteiger partial charge in [-0.3, -0.25) is 19.2 Å². The van der Waals surface area contributed by atoms with Gasteiger partial charge in [0.2, 0.25) is 0 Å². The second kappa shape index (κ2) is 9.63. The average Bonchev–Trinajstić information content (AvgIpc) is 2.91. The summed E-state index contributed by atoms with van der Waals surface area (Å²) in [5, 5.41) is -1.65. The molecule has 2 heterocycles.